The molecule has 1 aromatic heterocycles. The predicted octanol–water partition coefficient (Wildman–Crippen LogP) is 2.64. The van der Waals surface area contributed by atoms with Gasteiger partial charge in [0.05, 0.1) is 12.3 Å². The molecule has 0 aliphatic carbocycles. The highest BCUT2D eigenvalue weighted by Gasteiger charge is 2.12. The van der Waals surface area contributed by atoms with Crippen molar-refractivity contribution in [2.75, 3.05) is 11.9 Å². The summed E-state index contributed by atoms with van der Waals surface area (Å²) in [5.41, 5.74) is 3.17. The number of ether oxygens (including phenoxy) is 1. The third-order valence-electron chi connectivity index (χ3n) is 2.96. The average molecular weight is 293 g/mol. The second-order valence-electron chi connectivity index (χ2n) is 4.35. The third-order valence-corrected chi connectivity index (χ3v) is 2.96. The van der Waals surface area contributed by atoms with Crippen LogP contribution in [0.25, 0.3) is 0 Å². The molecule has 3 rings (SSSR count). The number of hydrogen-bond acceptors (Lipinski definition) is 5. The molecule has 2 N–H and O–H groups in total. The molecule has 0 bridgehead atoms. The van der Waals surface area contributed by atoms with E-state index in [4.69, 9.17) is 4.74 Å². The third kappa shape index (κ3) is 3.18. The van der Waals surface area contributed by atoms with E-state index in [1.807, 2.05) is 37.4 Å². The van der Waals surface area contributed by atoms with Crippen LogP contribution in [0.3, 0.4) is 0 Å². The Balaban J connectivity index is 0.00000147. The summed E-state index contributed by atoms with van der Waals surface area (Å²) < 4.78 is 5.47. The normalized spacial score (nSPS) is 12.4. The summed E-state index contributed by atoms with van der Waals surface area (Å²) in [5.74, 6) is 1.46. The fourth-order valence-electron chi connectivity index (χ4n) is 2.08. The first-order chi connectivity index (χ1) is 9.35. The Morgan fingerprint density at radius 1 is 1.35 bits per heavy atom. The molecule has 0 spiro atoms. The van der Waals surface area contributed by atoms with Crippen LogP contribution in [-0.4, -0.2) is 16.6 Å². The first kappa shape index (κ1) is 14.6. The van der Waals surface area contributed by atoms with Gasteiger partial charge < -0.3 is 15.4 Å². The number of rotatable bonds is 4. The maximum atomic E-state index is 5.47. The van der Waals surface area contributed by atoms with Crippen LogP contribution in [0.4, 0.5) is 11.6 Å². The van der Waals surface area contributed by atoms with Crippen LogP contribution in [0.1, 0.15) is 18.2 Å². The average Bonchev–Trinajstić information content (AvgIpc) is 2.87. The molecule has 0 saturated carbocycles. The van der Waals surface area contributed by atoms with E-state index in [1.54, 1.807) is 0 Å². The number of halogens is 1. The lowest BCUT2D eigenvalue weighted by Crippen LogP contribution is -2.02. The maximum absolute atomic E-state index is 5.47. The second-order valence-corrected chi connectivity index (χ2v) is 4.35. The van der Waals surface area contributed by atoms with Gasteiger partial charge in [-0.15, -0.1) is 12.4 Å². The summed E-state index contributed by atoms with van der Waals surface area (Å²) >= 11 is 0. The number of aromatic nitrogens is 2. The molecule has 0 fully saturated rings. The van der Waals surface area contributed by atoms with Gasteiger partial charge in [0.2, 0.25) is 5.95 Å². The van der Waals surface area contributed by atoms with Crippen molar-refractivity contribution in [3.8, 4) is 5.75 Å². The fourth-order valence-corrected chi connectivity index (χ4v) is 2.08. The first-order valence-corrected chi connectivity index (χ1v) is 6.40. The van der Waals surface area contributed by atoms with Gasteiger partial charge in [-0.3, -0.25) is 0 Å². The minimum atomic E-state index is 0. The van der Waals surface area contributed by atoms with Gasteiger partial charge in [0.1, 0.15) is 5.75 Å². The van der Waals surface area contributed by atoms with Crippen molar-refractivity contribution in [3.05, 3.63) is 41.7 Å². The highest BCUT2D eigenvalue weighted by Crippen LogP contribution is 2.21. The molecular formula is C14H17ClN4O. The van der Waals surface area contributed by atoms with Crippen LogP contribution in [-0.2, 0) is 13.1 Å². The van der Waals surface area contributed by atoms with Crippen molar-refractivity contribution >= 4 is 24.0 Å². The SMILES string of the molecule is CCOc1cccc(Nc2ncc3c(n2)CNC3)c1.Cl. The van der Waals surface area contributed by atoms with E-state index < -0.39 is 0 Å². The van der Waals surface area contributed by atoms with E-state index >= 15 is 0 Å². The Bertz CT molecular complexity index is 591. The molecular weight excluding hydrogens is 276 g/mol. The number of nitrogens with zero attached hydrogens (tertiary/aromatic N) is 2. The lowest BCUT2D eigenvalue weighted by molar-refractivity contribution is 0.340. The van der Waals surface area contributed by atoms with Gasteiger partial charge >= 0.3 is 0 Å². The summed E-state index contributed by atoms with van der Waals surface area (Å²) in [4.78, 5) is 8.82. The monoisotopic (exact) mass is 292 g/mol. The quantitative estimate of drug-likeness (QED) is 0.907. The summed E-state index contributed by atoms with van der Waals surface area (Å²) in [6, 6.07) is 7.79. The Hall–Kier alpha value is -1.85. The van der Waals surface area contributed by atoms with E-state index in [0.717, 1.165) is 30.2 Å². The zero-order chi connectivity index (χ0) is 13.1. The van der Waals surface area contributed by atoms with Gasteiger partial charge in [-0.1, -0.05) is 6.07 Å². The highest BCUT2D eigenvalue weighted by molar-refractivity contribution is 5.85. The molecule has 5 nitrogen and oxygen atoms in total. The van der Waals surface area contributed by atoms with Gasteiger partial charge in [-0.05, 0) is 19.1 Å². The van der Waals surface area contributed by atoms with Gasteiger partial charge in [0.15, 0.2) is 0 Å². The minimum absolute atomic E-state index is 0. The van der Waals surface area contributed by atoms with Gasteiger partial charge in [0, 0.05) is 36.6 Å². The van der Waals surface area contributed by atoms with Crippen molar-refractivity contribution in [1.29, 1.82) is 0 Å². The molecule has 0 amide bonds. The summed E-state index contributed by atoms with van der Waals surface area (Å²) in [7, 11) is 0. The Labute approximate surface area is 124 Å². The zero-order valence-electron chi connectivity index (χ0n) is 11.2. The fraction of sp³-hybridized carbons (Fsp3) is 0.286. The van der Waals surface area contributed by atoms with Crippen molar-refractivity contribution in [2.24, 2.45) is 0 Å². The lowest BCUT2D eigenvalue weighted by atomic mass is 10.3. The van der Waals surface area contributed by atoms with Crippen molar-refractivity contribution in [3.63, 3.8) is 0 Å². The van der Waals surface area contributed by atoms with Crippen LogP contribution < -0.4 is 15.4 Å². The molecule has 1 aromatic carbocycles. The standard InChI is InChI=1S/C14H16N4O.ClH/c1-2-19-12-5-3-4-11(6-12)17-14-16-8-10-7-15-9-13(10)18-14;/h3-6,8,15H,2,7,9H2,1H3,(H,16,17,18);1H. The van der Waals surface area contributed by atoms with Crippen LogP contribution in [0.5, 0.6) is 5.75 Å². The summed E-state index contributed by atoms with van der Waals surface area (Å²) in [6.45, 7) is 4.29. The molecule has 0 atom stereocenters. The van der Waals surface area contributed by atoms with Crippen LogP contribution in [0.2, 0.25) is 0 Å². The highest BCUT2D eigenvalue weighted by atomic mass is 35.5. The Morgan fingerprint density at radius 3 is 3.10 bits per heavy atom. The molecule has 6 heteroatoms. The lowest BCUT2D eigenvalue weighted by Gasteiger charge is -2.08. The van der Waals surface area contributed by atoms with E-state index in [2.05, 4.69) is 20.6 Å². The van der Waals surface area contributed by atoms with Gasteiger partial charge in [-0.2, -0.15) is 0 Å². The Kier molecular flexibility index (Phi) is 4.76. The second kappa shape index (κ2) is 6.54. The van der Waals surface area contributed by atoms with Crippen molar-refractivity contribution < 1.29 is 4.74 Å². The van der Waals surface area contributed by atoms with Crippen molar-refractivity contribution in [2.45, 2.75) is 20.0 Å². The summed E-state index contributed by atoms with van der Waals surface area (Å²) in [6.07, 6.45) is 1.87. The minimum Gasteiger partial charge on any atom is -0.494 e. The maximum Gasteiger partial charge on any atom is 0.227 e. The number of nitrogens with one attached hydrogen (secondary N) is 2. The number of hydrogen-bond donors (Lipinski definition) is 2. The molecule has 106 valence electrons. The molecule has 0 radical (unpaired) electrons. The molecule has 2 aromatic rings. The van der Waals surface area contributed by atoms with Crippen molar-refractivity contribution in [1.82, 2.24) is 15.3 Å². The molecule has 20 heavy (non-hydrogen) atoms. The zero-order valence-corrected chi connectivity index (χ0v) is 12.0. The molecule has 0 saturated heterocycles. The summed E-state index contributed by atoms with van der Waals surface area (Å²) in [5, 5.41) is 6.46. The van der Waals surface area contributed by atoms with Crippen LogP contribution in [0.15, 0.2) is 30.5 Å². The molecule has 0 unspecified atom stereocenters. The van der Waals surface area contributed by atoms with E-state index in [-0.39, 0.29) is 12.4 Å². The van der Waals surface area contributed by atoms with E-state index in [9.17, 15) is 0 Å². The Morgan fingerprint density at radius 2 is 2.25 bits per heavy atom. The molecule has 1 aliphatic rings. The number of fused-ring (bicyclic) bond motifs is 1. The number of anilines is 2. The smallest absolute Gasteiger partial charge is 0.227 e. The van der Waals surface area contributed by atoms with Gasteiger partial charge in [-0.25, -0.2) is 9.97 Å². The van der Waals surface area contributed by atoms with E-state index in [0.29, 0.717) is 12.6 Å². The van der Waals surface area contributed by atoms with Crippen LogP contribution >= 0.6 is 12.4 Å². The van der Waals surface area contributed by atoms with Crippen LogP contribution in [0, 0.1) is 0 Å². The molecule has 2 heterocycles. The van der Waals surface area contributed by atoms with Gasteiger partial charge in [0.25, 0.3) is 0 Å². The topological polar surface area (TPSA) is 59.1 Å². The number of benzene rings is 1. The predicted molar refractivity (Wildman–Crippen MR) is 80.7 cm³/mol. The van der Waals surface area contributed by atoms with E-state index in [1.165, 1.54) is 5.56 Å². The first-order valence-electron chi connectivity index (χ1n) is 6.40. The molecule has 1 aliphatic heterocycles. The largest absolute Gasteiger partial charge is 0.494 e.